The van der Waals surface area contributed by atoms with E-state index in [1.807, 2.05) is 47.5 Å². The molecule has 0 fully saturated rings. The van der Waals surface area contributed by atoms with E-state index < -0.39 is 26.6 Å². The second-order valence-corrected chi connectivity index (χ2v) is 8.54. The third kappa shape index (κ3) is 3.97. The molecule has 0 radical (unpaired) electrons. The largest absolute Gasteiger partial charge is 0.353 e. The molecule has 0 spiro atoms. The minimum atomic E-state index is -4.07. The van der Waals surface area contributed by atoms with E-state index in [0.717, 1.165) is 22.7 Å². The van der Waals surface area contributed by atoms with E-state index in [0.29, 0.717) is 6.07 Å². The van der Waals surface area contributed by atoms with Gasteiger partial charge < -0.3 is 4.57 Å². The van der Waals surface area contributed by atoms with Crippen LogP contribution in [-0.4, -0.2) is 17.3 Å². The van der Waals surface area contributed by atoms with Crippen LogP contribution in [0.2, 0.25) is 0 Å². The van der Waals surface area contributed by atoms with E-state index in [1.165, 1.54) is 15.6 Å². The molecule has 4 nitrogen and oxygen atoms in total. The normalized spacial score (nSPS) is 12.0. The van der Waals surface area contributed by atoms with Gasteiger partial charge in [-0.25, -0.2) is 17.2 Å². The predicted molar refractivity (Wildman–Crippen MR) is 92.5 cm³/mol. The summed E-state index contributed by atoms with van der Waals surface area (Å²) in [6, 6.07) is 9.60. The highest BCUT2D eigenvalue weighted by Gasteiger charge is 2.27. The van der Waals surface area contributed by atoms with Crippen molar-refractivity contribution in [3.63, 3.8) is 0 Å². The highest BCUT2D eigenvalue weighted by atomic mass is 32.2. The van der Waals surface area contributed by atoms with Crippen molar-refractivity contribution in [2.45, 2.75) is 18.0 Å². The van der Waals surface area contributed by atoms with Crippen molar-refractivity contribution in [1.29, 1.82) is 0 Å². The zero-order chi connectivity index (χ0) is 18.0. The zero-order valence-electron chi connectivity index (χ0n) is 13.4. The van der Waals surface area contributed by atoms with Gasteiger partial charge in [-0.1, -0.05) is 6.07 Å². The first-order valence-corrected chi connectivity index (χ1v) is 9.77. The molecule has 0 unspecified atom stereocenters. The number of nitrogens with zero attached hydrogens (tertiary/aromatic N) is 2. The van der Waals surface area contributed by atoms with Crippen LogP contribution >= 0.6 is 11.3 Å². The number of aromatic nitrogens is 1. The molecule has 1 aromatic carbocycles. The lowest BCUT2D eigenvalue weighted by atomic mass is 10.3. The molecule has 0 amide bonds. The van der Waals surface area contributed by atoms with Crippen molar-refractivity contribution in [2.75, 3.05) is 0 Å². The summed E-state index contributed by atoms with van der Waals surface area (Å²) in [5.41, 5.74) is 0.775. The Morgan fingerprint density at radius 1 is 1.08 bits per heavy atom. The summed E-state index contributed by atoms with van der Waals surface area (Å²) in [5.74, 6) is -1.85. The molecule has 0 atom stereocenters. The van der Waals surface area contributed by atoms with E-state index in [4.69, 9.17) is 0 Å². The summed E-state index contributed by atoms with van der Waals surface area (Å²) >= 11 is 1.42. The summed E-state index contributed by atoms with van der Waals surface area (Å²) in [7, 11) is -2.26. The maximum absolute atomic E-state index is 13.5. The standard InChI is InChI=1S/C17H16F2N2O2S2/c1-20-6-2-4-15(20)11-21(12-16-5-3-7-24-16)25(22,23)17-9-13(18)8-14(19)10-17/h2-10H,11-12H2,1H3. The van der Waals surface area contributed by atoms with Crippen LogP contribution in [0.15, 0.2) is 58.9 Å². The third-order valence-corrected chi connectivity index (χ3v) is 6.41. The molecule has 0 bridgehead atoms. The maximum Gasteiger partial charge on any atom is 0.243 e. The van der Waals surface area contributed by atoms with Gasteiger partial charge in [0.15, 0.2) is 0 Å². The molecule has 0 aliphatic carbocycles. The number of thiophene rings is 1. The summed E-state index contributed by atoms with van der Waals surface area (Å²) < 4.78 is 56.0. The molecule has 0 N–H and O–H groups in total. The number of hydrogen-bond donors (Lipinski definition) is 0. The Morgan fingerprint density at radius 2 is 1.80 bits per heavy atom. The molecule has 132 valence electrons. The van der Waals surface area contributed by atoms with Crippen LogP contribution in [0.4, 0.5) is 8.78 Å². The van der Waals surface area contributed by atoms with Gasteiger partial charge in [0.05, 0.1) is 11.4 Å². The minimum absolute atomic E-state index is 0.0991. The molecule has 0 saturated carbocycles. The first-order chi connectivity index (χ1) is 11.9. The zero-order valence-corrected chi connectivity index (χ0v) is 15.0. The van der Waals surface area contributed by atoms with Gasteiger partial charge in [-0.2, -0.15) is 4.31 Å². The highest BCUT2D eigenvalue weighted by Crippen LogP contribution is 2.24. The summed E-state index contributed by atoms with van der Waals surface area (Å²) in [4.78, 5) is 0.449. The van der Waals surface area contributed by atoms with Crippen LogP contribution in [0.25, 0.3) is 0 Å². The van der Waals surface area contributed by atoms with E-state index in [2.05, 4.69) is 0 Å². The van der Waals surface area contributed by atoms with Crippen LogP contribution in [0.3, 0.4) is 0 Å². The quantitative estimate of drug-likeness (QED) is 0.652. The van der Waals surface area contributed by atoms with Gasteiger partial charge in [-0.05, 0) is 35.7 Å². The Bertz CT molecular complexity index is 946. The second kappa shape index (κ2) is 7.07. The monoisotopic (exact) mass is 382 g/mol. The maximum atomic E-state index is 13.5. The molecule has 0 aliphatic heterocycles. The van der Waals surface area contributed by atoms with Crippen molar-refractivity contribution < 1.29 is 17.2 Å². The van der Waals surface area contributed by atoms with Crippen LogP contribution in [-0.2, 0) is 30.2 Å². The fourth-order valence-electron chi connectivity index (χ4n) is 2.47. The van der Waals surface area contributed by atoms with Crippen molar-refractivity contribution in [2.24, 2.45) is 7.05 Å². The van der Waals surface area contributed by atoms with Gasteiger partial charge in [-0.15, -0.1) is 11.3 Å². The van der Waals surface area contributed by atoms with E-state index >= 15 is 0 Å². The first kappa shape index (κ1) is 17.8. The Hall–Kier alpha value is -2.03. The van der Waals surface area contributed by atoms with Crippen molar-refractivity contribution in [3.8, 4) is 0 Å². The Labute approximate surface area is 149 Å². The molecule has 0 aliphatic rings. The molecule has 0 saturated heterocycles. The number of aryl methyl sites for hydroxylation is 1. The molecule has 3 rings (SSSR count). The summed E-state index contributed by atoms with van der Waals surface area (Å²) in [6.45, 7) is 0.227. The molecule has 2 heterocycles. The van der Waals surface area contributed by atoms with Gasteiger partial charge in [-0.3, -0.25) is 0 Å². The van der Waals surface area contributed by atoms with Crippen LogP contribution in [0, 0.1) is 11.6 Å². The average Bonchev–Trinajstić information content (AvgIpc) is 3.18. The topological polar surface area (TPSA) is 42.3 Å². The Kier molecular flexibility index (Phi) is 5.03. The molecular formula is C17H16F2N2O2S2. The predicted octanol–water partition coefficient (Wildman–Crippen LogP) is 3.76. The summed E-state index contributed by atoms with van der Waals surface area (Å²) in [5, 5.41) is 1.85. The van der Waals surface area contributed by atoms with Crippen LogP contribution in [0.5, 0.6) is 0 Å². The number of benzene rings is 1. The molecule has 3 aromatic rings. The lowest BCUT2D eigenvalue weighted by molar-refractivity contribution is 0.394. The fraction of sp³-hybridized carbons (Fsp3) is 0.176. The van der Waals surface area contributed by atoms with Gasteiger partial charge in [0.1, 0.15) is 11.6 Å². The van der Waals surface area contributed by atoms with Crippen molar-refractivity contribution in [3.05, 3.63) is 76.2 Å². The third-order valence-electron chi connectivity index (χ3n) is 3.78. The first-order valence-electron chi connectivity index (χ1n) is 7.45. The van der Waals surface area contributed by atoms with Gasteiger partial charge in [0, 0.05) is 36.4 Å². The van der Waals surface area contributed by atoms with Crippen molar-refractivity contribution in [1.82, 2.24) is 8.87 Å². The number of hydrogen-bond acceptors (Lipinski definition) is 3. The lowest BCUT2D eigenvalue weighted by Gasteiger charge is -2.22. The van der Waals surface area contributed by atoms with Gasteiger partial charge in [0.2, 0.25) is 10.0 Å². The Morgan fingerprint density at radius 3 is 2.36 bits per heavy atom. The SMILES string of the molecule is Cn1cccc1CN(Cc1cccs1)S(=O)(=O)c1cc(F)cc(F)c1. The number of halogens is 2. The molecule has 8 heteroatoms. The lowest BCUT2D eigenvalue weighted by Crippen LogP contribution is -2.31. The molecule has 25 heavy (non-hydrogen) atoms. The smallest absolute Gasteiger partial charge is 0.243 e. The van der Waals surface area contributed by atoms with E-state index in [9.17, 15) is 17.2 Å². The van der Waals surface area contributed by atoms with Crippen LogP contribution in [0.1, 0.15) is 10.6 Å². The Balaban J connectivity index is 2.01. The van der Waals surface area contributed by atoms with Crippen LogP contribution < -0.4 is 0 Å². The summed E-state index contributed by atoms with van der Waals surface area (Å²) in [6.07, 6.45) is 1.81. The minimum Gasteiger partial charge on any atom is -0.353 e. The average molecular weight is 382 g/mol. The second-order valence-electron chi connectivity index (χ2n) is 5.57. The number of rotatable bonds is 6. The van der Waals surface area contributed by atoms with Gasteiger partial charge in [0.25, 0.3) is 0 Å². The molecule has 2 aromatic heterocycles. The fourth-order valence-corrected chi connectivity index (χ4v) is 4.70. The number of sulfonamides is 1. The van der Waals surface area contributed by atoms with E-state index in [1.54, 1.807) is 0 Å². The van der Waals surface area contributed by atoms with E-state index in [-0.39, 0.29) is 13.1 Å². The molecular weight excluding hydrogens is 366 g/mol. The van der Waals surface area contributed by atoms with Gasteiger partial charge >= 0.3 is 0 Å². The highest BCUT2D eigenvalue weighted by molar-refractivity contribution is 7.89. The van der Waals surface area contributed by atoms with Crippen molar-refractivity contribution >= 4 is 21.4 Å².